The van der Waals surface area contributed by atoms with Crippen LogP contribution in [0.15, 0.2) is 9.59 Å². The van der Waals surface area contributed by atoms with Crippen LogP contribution in [0.1, 0.15) is 19.8 Å². The fourth-order valence-corrected chi connectivity index (χ4v) is 1.93. The van der Waals surface area contributed by atoms with Crippen molar-refractivity contribution in [3.8, 4) is 0 Å². The maximum Gasteiger partial charge on any atom is 0.330 e. The van der Waals surface area contributed by atoms with Crippen LogP contribution in [0.5, 0.6) is 0 Å². The normalized spacial score (nSPS) is 16.6. The van der Waals surface area contributed by atoms with Crippen LogP contribution in [-0.4, -0.2) is 27.3 Å². The van der Waals surface area contributed by atoms with Gasteiger partial charge in [0.15, 0.2) is 0 Å². The molecular weight excluding hydrogens is 236 g/mol. The third-order valence-corrected chi connectivity index (χ3v) is 3.21. The molecule has 0 bridgehead atoms. The first-order valence-electron chi connectivity index (χ1n) is 6.09. The second-order valence-electron chi connectivity index (χ2n) is 4.55. The summed E-state index contributed by atoms with van der Waals surface area (Å²) < 4.78 is 1.27. The van der Waals surface area contributed by atoms with Crippen LogP contribution in [0, 0.1) is 5.92 Å². The number of aromatic nitrogens is 2. The largest absolute Gasteiger partial charge is 0.391 e. The summed E-state index contributed by atoms with van der Waals surface area (Å²) in [7, 11) is 0. The number of hydrogen-bond donors (Lipinski definition) is 4. The molecule has 1 aromatic rings. The van der Waals surface area contributed by atoms with E-state index in [0.29, 0.717) is 12.5 Å². The van der Waals surface area contributed by atoms with E-state index in [1.165, 1.54) is 4.57 Å². The first kappa shape index (κ1) is 12.7. The predicted molar refractivity (Wildman–Crippen MR) is 68.6 cm³/mol. The van der Waals surface area contributed by atoms with Crippen LogP contribution in [0.2, 0.25) is 0 Å². The van der Waals surface area contributed by atoms with Gasteiger partial charge >= 0.3 is 5.69 Å². The highest BCUT2D eigenvalue weighted by Crippen LogP contribution is 2.32. The summed E-state index contributed by atoms with van der Waals surface area (Å²) in [6.07, 6.45) is 1.55. The monoisotopic (exact) mass is 254 g/mol. The molecule has 1 unspecified atom stereocenters. The molecule has 1 saturated carbocycles. The molecule has 100 valence electrons. The summed E-state index contributed by atoms with van der Waals surface area (Å²) in [4.78, 5) is 25.3. The quantitative estimate of drug-likeness (QED) is 0.556. The first-order valence-corrected chi connectivity index (χ1v) is 6.09. The van der Waals surface area contributed by atoms with Gasteiger partial charge in [-0.15, -0.1) is 0 Å². The smallest absolute Gasteiger partial charge is 0.330 e. The van der Waals surface area contributed by atoms with E-state index in [-0.39, 0.29) is 18.1 Å². The molecule has 7 nitrogen and oxygen atoms in total. The number of nitrogen functional groups attached to an aromatic ring is 1. The molecule has 0 saturated heterocycles. The van der Waals surface area contributed by atoms with Crippen molar-refractivity contribution in [2.75, 3.05) is 17.6 Å². The lowest BCUT2D eigenvalue weighted by Crippen LogP contribution is -2.35. The molecule has 7 heteroatoms. The number of nitrogens with zero attached hydrogens (tertiary/aromatic N) is 1. The Morgan fingerprint density at radius 3 is 2.78 bits per heavy atom. The molecule has 0 aromatic carbocycles. The van der Waals surface area contributed by atoms with Crippen molar-refractivity contribution >= 4 is 11.5 Å². The van der Waals surface area contributed by atoms with Gasteiger partial charge in [0.2, 0.25) is 0 Å². The van der Waals surface area contributed by atoms with Crippen LogP contribution in [0.3, 0.4) is 0 Å². The summed E-state index contributed by atoms with van der Waals surface area (Å²) in [6.45, 7) is 2.40. The lowest BCUT2D eigenvalue weighted by atomic mass is 10.2. The number of hydrogen-bond acceptors (Lipinski definition) is 5. The Balaban J connectivity index is 2.21. The number of nitrogens with one attached hydrogen (secondary N) is 2. The standard InChI is InChI=1S/C11H18N4O3/c1-2-15-9(12)8(10(17)14-11(15)18)13-5-7(16)6-3-4-6/h6-7,13,16H,2-5,12H2,1H3,(H,14,17,18). The van der Waals surface area contributed by atoms with E-state index in [2.05, 4.69) is 10.3 Å². The van der Waals surface area contributed by atoms with Crippen LogP contribution in [0.4, 0.5) is 11.5 Å². The highest BCUT2D eigenvalue weighted by molar-refractivity contribution is 5.60. The Kier molecular flexibility index (Phi) is 3.42. The molecule has 0 radical (unpaired) electrons. The van der Waals surface area contributed by atoms with Gasteiger partial charge in [0.1, 0.15) is 11.5 Å². The molecule has 1 aliphatic carbocycles. The zero-order valence-electron chi connectivity index (χ0n) is 10.3. The summed E-state index contributed by atoms with van der Waals surface area (Å²) in [5, 5.41) is 12.6. The van der Waals surface area contributed by atoms with E-state index in [4.69, 9.17) is 5.73 Å². The Hall–Kier alpha value is -1.76. The van der Waals surface area contributed by atoms with Gasteiger partial charge in [-0.05, 0) is 25.7 Å². The van der Waals surface area contributed by atoms with Crippen molar-refractivity contribution in [1.82, 2.24) is 9.55 Å². The number of H-pyrrole nitrogens is 1. The van der Waals surface area contributed by atoms with Gasteiger partial charge in [-0.3, -0.25) is 14.3 Å². The average Bonchev–Trinajstić information content (AvgIpc) is 3.12. The van der Waals surface area contributed by atoms with Crippen molar-refractivity contribution in [2.45, 2.75) is 32.4 Å². The highest BCUT2D eigenvalue weighted by Gasteiger charge is 2.29. The number of aromatic amines is 1. The van der Waals surface area contributed by atoms with Crippen LogP contribution >= 0.6 is 0 Å². The van der Waals surface area contributed by atoms with Crippen molar-refractivity contribution in [1.29, 1.82) is 0 Å². The van der Waals surface area contributed by atoms with Crippen molar-refractivity contribution in [3.63, 3.8) is 0 Å². The third kappa shape index (κ3) is 2.40. The maximum absolute atomic E-state index is 11.6. The van der Waals surface area contributed by atoms with Crippen LogP contribution in [-0.2, 0) is 6.54 Å². The minimum atomic E-state index is -0.551. The molecule has 18 heavy (non-hydrogen) atoms. The Labute approximate surface area is 104 Å². The van der Waals surface area contributed by atoms with Gasteiger partial charge in [0, 0.05) is 13.1 Å². The molecule has 1 fully saturated rings. The van der Waals surface area contributed by atoms with Gasteiger partial charge < -0.3 is 16.2 Å². The molecular formula is C11H18N4O3. The fourth-order valence-electron chi connectivity index (χ4n) is 1.93. The lowest BCUT2D eigenvalue weighted by Gasteiger charge is -2.14. The molecule has 0 amide bonds. The minimum Gasteiger partial charge on any atom is -0.391 e. The SMILES string of the molecule is CCn1c(N)c(NCC(O)C2CC2)c(=O)[nH]c1=O. The Bertz CT molecular complexity index is 544. The predicted octanol–water partition coefficient (Wildman–Crippen LogP) is -0.678. The van der Waals surface area contributed by atoms with E-state index < -0.39 is 17.4 Å². The molecule has 0 spiro atoms. The second-order valence-corrected chi connectivity index (χ2v) is 4.55. The number of aliphatic hydroxyl groups excluding tert-OH is 1. The van der Waals surface area contributed by atoms with Gasteiger partial charge in [0.05, 0.1) is 6.10 Å². The van der Waals surface area contributed by atoms with Crippen LogP contribution < -0.4 is 22.3 Å². The highest BCUT2D eigenvalue weighted by atomic mass is 16.3. The topological polar surface area (TPSA) is 113 Å². The fraction of sp³-hybridized carbons (Fsp3) is 0.636. The van der Waals surface area contributed by atoms with Crippen molar-refractivity contribution < 1.29 is 5.11 Å². The Morgan fingerprint density at radius 2 is 2.22 bits per heavy atom. The van der Waals surface area contributed by atoms with E-state index in [9.17, 15) is 14.7 Å². The van der Waals surface area contributed by atoms with Gasteiger partial charge in [-0.25, -0.2) is 4.79 Å². The second kappa shape index (κ2) is 4.85. The van der Waals surface area contributed by atoms with E-state index in [1.807, 2.05) is 0 Å². The number of rotatable bonds is 5. The van der Waals surface area contributed by atoms with Crippen molar-refractivity contribution in [3.05, 3.63) is 20.8 Å². The molecule has 1 atom stereocenters. The number of nitrogens with two attached hydrogens (primary N) is 1. The van der Waals surface area contributed by atoms with Gasteiger partial charge in [0.25, 0.3) is 5.56 Å². The summed E-state index contributed by atoms with van der Waals surface area (Å²) in [6, 6.07) is 0. The zero-order valence-corrected chi connectivity index (χ0v) is 10.3. The molecule has 2 rings (SSSR count). The van der Waals surface area contributed by atoms with E-state index in [0.717, 1.165) is 12.8 Å². The summed E-state index contributed by atoms with van der Waals surface area (Å²) in [5.74, 6) is 0.420. The molecule has 1 heterocycles. The number of aliphatic hydroxyl groups is 1. The zero-order chi connectivity index (χ0) is 13.3. The average molecular weight is 254 g/mol. The van der Waals surface area contributed by atoms with E-state index in [1.54, 1.807) is 6.92 Å². The van der Waals surface area contributed by atoms with Gasteiger partial charge in [-0.1, -0.05) is 0 Å². The molecule has 5 N–H and O–H groups in total. The third-order valence-electron chi connectivity index (χ3n) is 3.21. The first-order chi connectivity index (χ1) is 8.54. The number of anilines is 2. The molecule has 1 aromatic heterocycles. The van der Waals surface area contributed by atoms with Crippen molar-refractivity contribution in [2.24, 2.45) is 5.92 Å². The van der Waals surface area contributed by atoms with E-state index >= 15 is 0 Å². The summed E-state index contributed by atoms with van der Waals surface area (Å²) >= 11 is 0. The minimum absolute atomic E-state index is 0.106. The van der Waals surface area contributed by atoms with Gasteiger partial charge in [-0.2, -0.15) is 0 Å². The lowest BCUT2D eigenvalue weighted by molar-refractivity contribution is 0.164. The molecule has 1 aliphatic rings. The maximum atomic E-state index is 11.6. The van der Waals surface area contributed by atoms with Crippen LogP contribution in [0.25, 0.3) is 0 Å². The molecule has 0 aliphatic heterocycles. The summed E-state index contributed by atoms with van der Waals surface area (Å²) in [5.41, 5.74) is 4.85. The Morgan fingerprint density at radius 1 is 1.56 bits per heavy atom.